The molecule has 6 heteroatoms. The van der Waals surface area contributed by atoms with E-state index in [4.69, 9.17) is 18.9 Å². The van der Waals surface area contributed by atoms with Gasteiger partial charge in [0.15, 0.2) is 20.9 Å². The molecule has 0 spiro atoms. The second-order valence-electron chi connectivity index (χ2n) is 8.46. The Hall–Kier alpha value is -0.963. The minimum absolute atomic E-state index is 0.0750. The number of halogens is 1. The van der Waals surface area contributed by atoms with Crippen LogP contribution in [0, 0.1) is 3.70 Å². The molecular weight excluding hydrogens is 481 g/mol. The van der Waals surface area contributed by atoms with E-state index in [-0.39, 0.29) is 17.9 Å². The highest BCUT2D eigenvalue weighted by molar-refractivity contribution is 14.1. The maximum absolute atomic E-state index is 6.79. The van der Waals surface area contributed by atoms with Gasteiger partial charge in [-0.15, -0.1) is 0 Å². The van der Waals surface area contributed by atoms with E-state index in [0.717, 1.165) is 28.0 Å². The number of ether oxygens (including phenoxy) is 2. The fraction of sp³-hybridized carbons (Fsp3) is 0.500. The Morgan fingerprint density at radius 2 is 1.75 bits per heavy atom. The summed E-state index contributed by atoms with van der Waals surface area (Å²) < 4.78 is 18.1. The van der Waals surface area contributed by atoms with Gasteiger partial charge in [-0.05, 0) is 71.3 Å². The number of hydrogen-bond acceptors (Lipinski definition) is 4. The number of nitrogens with zero attached hydrogens (tertiary/aromatic N) is 1. The maximum atomic E-state index is 6.79. The Morgan fingerprint density at radius 1 is 1.07 bits per heavy atom. The van der Waals surface area contributed by atoms with Gasteiger partial charge in [-0.3, -0.25) is 0 Å². The molecule has 2 rings (SSSR count). The summed E-state index contributed by atoms with van der Waals surface area (Å²) in [7, 11) is -0.268. The number of rotatable bonds is 9. The smallest absolute Gasteiger partial charge is 0.192 e. The molecule has 4 nitrogen and oxygen atoms in total. The topological polar surface area (TPSA) is 40.6 Å². The molecule has 0 saturated heterocycles. The number of aryl methyl sites for hydroxylation is 1. The third-order valence-electron chi connectivity index (χ3n) is 5.28. The lowest BCUT2D eigenvalue weighted by Crippen LogP contribution is -2.42. The predicted molar refractivity (Wildman–Crippen MR) is 125 cm³/mol. The second-order valence-corrected chi connectivity index (χ2v) is 14.2. The van der Waals surface area contributed by atoms with Crippen LogP contribution in [0.5, 0.6) is 5.75 Å². The summed E-state index contributed by atoms with van der Waals surface area (Å²) >= 11 is 2.21. The summed E-state index contributed by atoms with van der Waals surface area (Å²) in [6.07, 6.45) is 1.83. The number of hydrogen-bond donors (Lipinski definition) is 0. The lowest BCUT2D eigenvalue weighted by Gasteiger charge is -2.39. The van der Waals surface area contributed by atoms with Gasteiger partial charge in [-0.1, -0.05) is 51.1 Å². The van der Waals surface area contributed by atoms with Gasteiger partial charge in [0.1, 0.15) is 3.70 Å². The van der Waals surface area contributed by atoms with Gasteiger partial charge >= 0.3 is 0 Å². The molecule has 0 saturated carbocycles. The normalized spacial score (nSPS) is 13.4. The van der Waals surface area contributed by atoms with Crippen molar-refractivity contribution in [1.29, 1.82) is 0 Å². The van der Waals surface area contributed by atoms with Crippen molar-refractivity contribution in [1.82, 2.24) is 4.98 Å². The molecule has 1 heterocycles. The third kappa shape index (κ3) is 6.54. The minimum atomic E-state index is -1.88. The van der Waals surface area contributed by atoms with E-state index in [9.17, 15) is 0 Å². The van der Waals surface area contributed by atoms with Crippen molar-refractivity contribution >= 4 is 30.9 Å². The molecule has 1 unspecified atom stereocenters. The monoisotopic (exact) mass is 513 g/mol. The number of methoxy groups -OCH3 is 1. The van der Waals surface area contributed by atoms with Crippen molar-refractivity contribution in [3.63, 3.8) is 0 Å². The Bertz CT molecular complexity index is 747. The molecule has 0 aliphatic rings. The molecule has 1 aromatic heterocycles. The van der Waals surface area contributed by atoms with Crippen LogP contribution in [0.15, 0.2) is 42.5 Å². The van der Waals surface area contributed by atoms with Crippen molar-refractivity contribution in [3.8, 4) is 5.75 Å². The molecule has 0 bridgehead atoms. The molecule has 0 amide bonds. The van der Waals surface area contributed by atoms with Crippen LogP contribution in [0.2, 0.25) is 18.1 Å². The molecule has 0 aliphatic heterocycles. The van der Waals surface area contributed by atoms with Gasteiger partial charge in [0, 0.05) is 12.8 Å². The van der Waals surface area contributed by atoms with Crippen LogP contribution < -0.4 is 4.74 Å². The Balaban J connectivity index is 2.14. The number of pyridine rings is 1. The first kappa shape index (κ1) is 23.3. The summed E-state index contributed by atoms with van der Waals surface area (Å²) in [6.45, 7) is 11.7. The summed E-state index contributed by atoms with van der Waals surface area (Å²) in [4.78, 5) is 4.70. The molecule has 0 N–H and O–H groups in total. The summed E-state index contributed by atoms with van der Waals surface area (Å²) in [6, 6.07) is 14.5. The fourth-order valence-electron chi connectivity index (χ4n) is 2.60. The third-order valence-corrected chi connectivity index (χ3v) is 10.5. The van der Waals surface area contributed by atoms with Crippen LogP contribution in [0.4, 0.5) is 0 Å². The Kier molecular flexibility index (Phi) is 8.48. The summed E-state index contributed by atoms with van der Waals surface area (Å²) in [5, 5.41) is 0.175. The minimum Gasteiger partial charge on any atom is -0.465 e. The summed E-state index contributed by atoms with van der Waals surface area (Å²) in [5.41, 5.74) is 2.29. The zero-order valence-electron chi connectivity index (χ0n) is 17.8. The van der Waals surface area contributed by atoms with Crippen LogP contribution in [-0.2, 0) is 15.6 Å². The lowest BCUT2D eigenvalue weighted by molar-refractivity contribution is 0.0501. The molecule has 1 atom stereocenters. The maximum Gasteiger partial charge on any atom is 0.192 e. The van der Waals surface area contributed by atoms with E-state index in [2.05, 4.69) is 86.8 Å². The van der Waals surface area contributed by atoms with Gasteiger partial charge in [0.25, 0.3) is 0 Å². The average molecular weight is 513 g/mol. The van der Waals surface area contributed by atoms with E-state index in [1.807, 2.05) is 12.1 Å². The van der Waals surface area contributed by atoms with Crippen LogP contribution >= 0.6 is 22.6 Å². The molecule has 0 radical (unpaired) electrons. The first-order valence-corrected chi connectivity index (χ1v) is 13.6. The molecule has 1 aromatic carbocycles. The highest BCUT2D eigenvalue weighted by Crippen LogP contribution is 2.40. The predicted octanol–water partition coefficient (Wildman–Crippen LogP) is 6.36. The van der Waals surface area contributed by atoms with Gasteiger partial charge < -0.3 is 13.9 Å². The molecule has 28 heavy (non-hydrogen) atoms. The molecular formula is C22H32INO3Si. The molecule has 0 fully saturated rings. The average Bonchev–Trinajstić information content (AvgIpc) is 2.64. The van der Waals surface area contributed by atoms with Crippen molar-refractivity contribution in [2.45, 2.75) is 57.8 Å². The van der Waals surface area contributed by atoms with Crippen LogP contribution in [0.1, 0.15) is 44.6 Å². The van der Waals surface area contributed by atoms with Gasteiger partial charge in [-0.25, -0.2) is 4.98 Å². The van der Waals surface area contributed by atoms with Gasteiger partial charge in [-0.2, -0.15) is 0 Å². The van der Waals surface area contributed by atoms with E-state index in [1.54, 1.807) is 7.11 Å². The quantitative estimate of drug-likeness (QED) is 0.169. The lowest BCUT2D eigenvalue weighted by atomic mass is 10.0. The number of benzene rings is 1. The first-order chi connectivity index (χ1) is 13.1. The fourth-order valence-corrected chi connectivity index (χ4v) is 4.57. The molecule has 0 aliphatic carbocycles. The Morgan fingerprint density at radius 3 is 2.32 bits per heavy atom. The van der Waals surface area contributed by atoms with Crippen LogP contribution in [-0.4, -0.2) is 27.2 Å². The van der Waals surface area contributed by atoms with Crippen molar-refractivity contribution in [2.24, 2.45) is 0 Å². The largest absolute Gasteiger partial charge is 0.465 e. The second kappa shape index (κ2) is 10.2. The zero-order chi connectivity index (χ0) is 20.8. The van der Waals surface area contributed by atoms with E-state index < -0.39 is 8.32 Å². The van der Waals surface area contributed by atoms with Crippen LogP contribution in [0.25, 0.3) is 0 Å². The van der Waals surface area contributed by atoms with E-state index >= 15 is 0 Å². The van der Waals surface area contributed by atoms with Crippen LogP contribution in [0.3, 0.4) is 0 Å². The van der Waals surface area contributed by atoms with Crippen molar-refractivity contribution < 1.29 is 13.9 Å². The van der Waals surface area contributed by atoms with Crippen molar-refractivity contribution in [2.75, 3.05) is 13.9 Å². The molecule has 154 valence electrons. The molecule has 2 aromatic rings. The highest BCUT2D eigenvalue weighted by Gasteiger charge is 2.39. The SMILES string of the molecule is COCOc1ccc(CCC(O[Si](C)(C)C(C)(C)C)c2ccccc2)nc1I. The highest BCUT2D eigenvalue weighted by atomic mass is 127. The van der Waals surface area contributed by atoms with E-state index in [0.29, 0.717) is 0 Å². The standard InChI is InChI=1S/C22H32INO3Si/c1-22(2,3)28(5,6)27-19(17-10-8-7-9-11-17)14-12-18-13-15-20(21(23)24-18)26-16-25-4/h7-11,13,15,19H,12,14,16H2,1-6H3. The van der Waals surface area contributed by atoms with Gasteiger partial charge in [0.2, 0.25) is 0 Å². The van der Waals surface area contributed by atoms with Gasteiger partial charge in [0.05, 0.1) is 6.10 Å². The zero-order valence-corrected chi connectivity index (χ0v) is 20.9. The summed E-state index contributed by atoms with van der Waals surface area (Å²) in [5.74, 6) is 0.753. The van der Waals surface area contributed by atoms with E-state index in [1.165, 1.54) is 5.56 Å². The number of aromatic nitrogens is 1. The first-order valence-electron chi connectivity index (χ1n) is 9.64. The van der Waals surface area contributed by atoms with Crippen molar-refractivity contribution in [3.05, 3.63) is 57.4 Å². The Labute approximate surface area is 184 Å².